The minimum Gasteiger partial charge on any atom is -0.465 e. The Morgan fingerprint density at radius 2 is 2.00 bits per heavy atom. The van der Waals surface area contributed by atoms with E-state index in [1.54, 1.807) is 0 Å². The highest BCUT2D eigenvalue weighted by Gasteiger charge is 2.22. The van der Waals surface area contributed by atoms with Crippen molar-refractivity contribution in [1.29, 1.82) is 0 Å². The Kier molecular flexibility index (Phi) is 6.08. The zero-order chi connectivity index (χ0) is 14.5. The van der Waals surface area contributed by atoms with E-state index in [4.69, 9.17) is 4.42 Å². The summed E-state index contributed by atoms with van der Waals surface area (Å²) in [6, 6.07) is 2.19. The Morgan fingerprint density at radius 1 is 1.32 bits per heavy atom. The minimum atomic E-state index is 0.210. The molecule has 1 N–H and O–H groups in total. The van der Waals surface area contributed by atoms with Crippen molar-refractivity contribution in [3.05, 3.63) is 23.2 Å². The van der Waals surface area contributed by atoms with Crippen LogP contribution in [0.2, 0.25) is 0 Å². The van der Waals surface area contributed by atoms with Gasteiger partial charge in [0.15, 0.2) is 0 Å². The lowest BCUT2D eigenvalue weighted by Crippen LogP contribution is -2.39. The van der Waals surface area contributed by atoms with Crippen LogP contribution < -0.4 is 5.32 Å². The van der Waals surface area contributed by atoms with E-state index in [1.165, 1.54) is 5.56 Å². The van der Waals surface area contributed by atoms with Crippen molar-refractivity contribution in [2.45, 2.75) is 66.1 Å². The van der Waals surface area contributed by atoms with Gasteiger partial charge >= 0.3 is 0 Å². The van der Waals surface area contributed by atoms with Crippen LogP contribution in [-0.4, -0.2) is 24.0 Å². The smallest absolute Gasteiger partial charge is 0.118 e. The highest BCUT2D eigenvalue weighted by atomic mass is 16.3. The third-order valence-corrected chi connectivity index (χ3v) is 4.11. The highest BCUT2D eigenvalue weighted by Crippen LogP contribution is 2.22. The molecular formula is C16H30N2O. The zero-order valence-corrected chi connectivity index (χ0v) is 13.5. The molecule has 0 unspecified atom stereocenters. The molecule has 1 rings (SSSR count). The van der Waals surface area contributed by atoms with Crippen LogP contribution in [0.4, 0.5) is 0 Å². The van der Waals surface area contributed by atoms with Crippen molar-refractivity contribution in [1.82, 2.24) is 10.2 Å². The quantitative estimate of drug-likeness (QED) is 0.727. The van der Waals surface area contributed by atoms with E-state index in [9.17, 15) is 0 Å². The Balaban J connectivity index is 2.63. The fourth-order valence-electron chi connectivity index (χ4n) is 1.96. The molecule has 0 aliphatic rings. The van der Waals surface area contributed by atoms with Crippen LogP contribution in [0.25, 0.3) is 0 Å². The third kappa shape index (κ3) is 4.66. The summed E-state index contributed by atoms with van der Waals surface area (Å²) < 4.78 is 5.87. The molecule has 0 atom stereocenters. The first-order chi connectivity index (χ1) is 8.90. The van der Waals surface area contributed by atoms with Crippen molar-refractivity contribution in [2.75, 3.05) is 13.6 Å². The molecule has 1 aromatic rings. The molecule has 110 valence electrons. The lowest BCUT2D eigenvalue weighted by molar-refractivity contribution is 0.132. The van der Waals surface area contributed by atoms with E-state index in [2.05, 4.69) is 57.9 Å². The molecule has 19 heavy (non-hydrogen) atoms. The first kappa shape index (κ1) is 16.3. The van der Waals surface area contributed by atoms with Crippen molar-refractivity contribution in [3.8, 4) is 0 Å². The van der Waals surface area contributed by atoms with E-state index in [0.717, 1.165) is 44.0 Å². The lowest BCUT2D eigenvalue weighted by Gasteiger charge is -2.34. The maximum atomic E-state index is 5.87. The predicted octanol–water partition coefficient (Wildman–Crippen LogP) is 3.71. The second kappa shape index (κ2) is 7.11. The number of rotatable bonds is 8. The van der Waals surface area contributed by atoms with Crippen LogP contribution in [-0.2, 0) is 13.1 Å². The molecule has 3 nitrogen and oxygen atoms in total. The van der Waals surface area contributed by atoms with E-state index in [-0.39, 0.29) is 5.54 Å². The average Bonchev–Trinajstić information content (AvgIpc) is 2.70. The molecule has 0 amide bonds. The number of aryl methyl sites for hydroxylation is 1. The second-order valence-electron chi connectivity index (χ2n) is 5.99. The van der Waals surface area contributed by atoms with Crippen molar-refractivity contribution in [3.63, 3.8) is 0 Å². The molecule has 0 saturated carbocycles. The standard InChI is InChI=1S/C16H30N2O/c1-7-9-17-11-14-10-15(19-13(14)3)12-18(6)16(4,5)8-2/h10,17H,7-9,11-12H2,1-6H3. The number of nitrogens with zero attached hydrogens (tertiary/aromatic N) is 1. The van der Waals surface area contributed by atoms with Gasteiger partial charge in [0.25, 0.3) is 0 Å². The summed E-state index contributed by atoms with van der Waals surface area (Å²) in [6.07, 6.45) is 2.30. The molecule has 3 heteroatoms. The Labute approximate surface area is 118 Å². The Bertz CT molecular complexity index is 382. The van der Waals surface area contributed by atoms with E-state index in [0.29, 0.717) is 0 Å². The van der Waals surface area contributed by atoms with Gasteiger partial charge < -0.3 is 9.73 Å². The maximum Gasteiger partial charge on any atom is 0.118 e. The highest BCUT2D eigenvalue weighted by molar-refractivity contribution is 5.20. The first-order valence-electron chi connectivity index (χ1n) is 7.40. The summed E-state index contributed by atoms with van der Waals surface area (Å²) in [4.78, 5) is 2.36. The van der Waals surface area contributed by atoms with Gasteiger partial charge in [-0.3, -0.25) is 4.90 Å². The van der Waals surface area contributed by atoms with Gasteiger partial charge in [-0.15, -0.1) is 0 Å². The predicted molar refractivity (Wildman–Crippen MR) is 81.3 cm³/mol. The molecule has 1 aromatic heterocycles. The number of nitrogens with one attached hydrogen (secondary N) is 1. The molecule has 0 spiro atoms. The van der Waals surface area contributed by atoms with Gasteiger partial charge in [-0.2, -0.15) is 0 Å². The molecule has 0 aromatic carbocycles. The summed E-state index contributed by atoms with van der Waals surface area (Å²) >= 11 is 0. The number of hydrogen-bond donors (Lipinski definition) is 1. The van der Waals surface area contributed by atoms with E-state index >= 15 is 0 Å². The fourth-order valence-corrected chi connectivity index (χ4v) is 1.96. The van der Waals surface area contributed by atoms with Gasteiger partial charge in [0.05, 0.1) is 6.54 Å². The molecule has 0 saturated heterocycles. The van der Waals surface area contributed by atoms with Gasteiger partial charge in [0.2, 0.25) is 0 Å². The van der Waals surface area contributed by atoms with Gasteiger partial charge in [0, 0.05) is 17.6 Å². The van der Waals surface area contributed by atoms with Gasteiger partial charge in [-0.1, -0.05) is 13.8 Å². The molecule has 0 aliphatic heterocycles. The van der Waals surface area contributed by atoms with E-state index in [1.807, 2.05) is 0 Å². The van der Waals surface area contributed by atoms with Crippen LogP contribution in [0.1, 0.15) is 57.6 Å². The topological polar surface area (TPSA) is 28.4 Å². The normalized spacial score (nSPS) is 12.4. The Hall–Kier alpha value is -0.800. The summed E-state index contributed by atoms with van der Waals surface area (Å²) in [6.45, 7) is 13.8. The van der Waals surface area contributed by atoms with Gasteiger partial charge in [-0.05, 0) is 53.3 Å². The SMILES string of the molecule is CCCNCc1cc(CN(C)C(C)(C)CC)oc1C. The number of hydrogen-bond acceptors (Lipinski definition) is 3. The zero-order valence-electron chi connectivity index (χ0n) is 13.5. The first-order valence-corrected chi connectivity index (χ1v) is 7.40. The molecule has 0 aliphatic carbocycles. The summed E-state index contributed by atoms with van der Waals surface area (Å²) in [7, 11) is 2.16. The summed E-state index contributed by atoms with van der Waals surface area (Å²) in [5, 5.41) is 3.43. The van der Waals surface area contributed by atoms with Crippen LogP contribution in [0.15, 0.2) is 10.5 Å². The monoisotopic (exact) mass is 266 g/mol. The fraction of sp³-hybridized carbons (Fsp3) is 0.750. The second-order valence-corrected chi connectivity index (χ2v) is 5.99. The molecule has 0 radical (unpaired) electrons. The summed E-state index contributed by atoms with van der Waals surface area (Å²) in [5.41, 5.74) is 1.49. The average molecular weight is 266 g/mol. The van der Waals surface area contributed by atoms with Crippen LogP contribution >= 0.6 is 0 Å². The molecule has 1 heterocycles. The lowest BCUT2D eigenvalue weighted by atomic mass is 10.00. The minimum absolute atomic E-state index is 0.210. The van der Waals surface area contributed by atoms with Crippen molar-refractivity contribution >= 4 is 0 Å². The van der Waals surface area contributed by atoms with Crippen LogP contribution in [0, 0.1) is 6.92 Å². The maximum absolute atomic E-state index is 5.87. The Morgan fingerprint density at radius 3 is 2.58 bits per heavy atom. The van der Waals surface area contributed by atoms with Crippen molar-refractivity contribution < 1.29 is 4.42 Å². The molecule has 0 bridgehead atoms. The summed E-state index contributed by atoms with van der Waals surface area (Å²) in [5.74, 6) is 2.11. The van der Waals surface area contributed by atoms with Gasteiger partial charge in [-0.25, -0.2) is 0 Å². The van der Waals surface area contributed by atoms with Gasteiger partial charge in [0.1, 0.15) is 11.5 Å². The molecule has 0 fully saturated rings. The van der Waals surface area contributed by atoms with Crippen LogP contribution in [0.3, 0.4) is 0 Å². The largest absolute Gasteiger partial charge is 0.465 e. The number of furan rings is 1. The molecular weight excluding hydrogens is 236 g/mol. The van der Waals surface area contributed by atoms with E-state index < -0.39 is 0 Å². The third-order valence-electron chi connectivity index (χ3n) is 4.11. The van der Waals surface area contributed by atoms with Crippen molar-refractivity contribution in [2.24, 2.45) is 0 Å². The van der Waals surface area contributed by atoms with Crippen LogP contribution in [0.5, 0.6) is 0 Å².